The maximum absolute atomic E-state index is 12.9. The van der Waals surface area contributed by atoms with Crippen LogP contribution in [0.5, 0.6) is 11.5 Å². The van der Waals surface area contributed by atoms with Gasteiger partial charge in [0.05, 0.1) is 14.2 Å². The van der Waals surface area contributed by atoms with Crippen LogP contribution < -0.4 is 14.4 Å². The molecule has 3 rings (SSSR count). The van der Waals surface area contributed by atoms with E-state index in [4.69, 9.17) is 21.1 Å². The molecule has 0 unspecified atom stereocenters. The smallest absolute Gasteiger partial charge is 0.254 e. The number of hydrogen-bond donors (Lipinski definition) is 0. The maximum atomic E-state index is 12.9. The number of carbonyl (C=O) groups is 2. The summed E-state index contributed by atoms with van der Waals surface area (Å²) in [5.74, 6) is 0.790. The molecule has 0 aromatic heterocycles. The molecule has 0 radical (unpaired) electrons. The summed E-state index contributed by atoms with van der Waals surface area (Å²) in [6.45, 7) is 2.55. The van der Waals surface area contributed by atoms with Gasteiger partial charge in [0.25, 0.3) is 5.91 Å². The number of rotatable bonds is 4. The Bertz CT molecular complexity index is 871. The van der Waals surface area contributed by atoms with E-state index in [1.165, 1.54) is 0 Å². The number of halogens is 1. The minimum absolute atomic E-state index is 0.149. The lowest BCUT2D eigenvalue weighted by Crippen LogP contribution is -2.57. The molecule has 2 amide bonds. The fourth-order valence-electron chi connectivity index (χ4n) is 3.18. The van der Waals surface area contributed by atoms with Gasteiger partial charge in [-0.15, -0.1) is 0 Å². The molecule has 0 spiro atoms. The molecule has 142 valence electrons. The topological polar surface area (TPSA) is 59.1 Å². The van der Waals surface area contributed by atoms with Crippen molar-refractivity contribution in [2.45, 2.75) is 13.0 Å². The molecular weight excluding hydrogens is 368 g/mol. The van der Waals surface area contributed by atoms with Crippen molar-refractivity contribution in [2.24, 2.45) is 0 Å². The van der Waals surface area contributed by atoms with Crippen LogP contribution in [0.1, 0.15) is 17.3 Å². The number of hydrogen-bond acceptors (Lipinski definition) is 4. The molecule has 7 heteroatoms. The van der Waals surface area contributed by atoms with Crippen LogP contribution in [-0.2, 0) is 4.79 Å². The summed E-state index contributed by atoms with van der Waals surface area (Å²) in [5.41, 5.74) is 1.18. The van der Waals surface area contributed by atoms with E-state index in [0.29, 0.717) is 40.9 Å². The Morgan fingerprint density at radius 1 is 1.07 bits per heavy atom. The molecule has 1 aliphatic heterocycles. The molecule has 1 atom stereocenters. The second kappa shape index (κ2) is 7.88. The minimum atomic E-state index is -0.585. The molecule has 0 saturated carbocycles. The predicted octanol–water partition coefficient (Wildman–Crippen LogP) is 3.23. The Hall–Kier alpha value is -2.73. The molecule has 27 heavy (non-hydrogen) atoms. The summed E-state index contributed by atoms with van der Waals surface area (Å²) in [6, 6.07) is 11.5. The van der Waals surface area contributed by atoms with Gasteiger partial charge in [0, 0.05) is 35.4 Å². The average molecular weight is 389 g/mol. The lowest BCUT2D eigenvalue weighted by Gasteiger charge is -2.39. The third-order valence-corrected chi connectivity index (χ3v) is 4.90. The van der Waals surface area contributed by atoms with E-state index in [2.05, 4.69) is 0 Å². The molecule has 0 N–H and O–H groups in total. The van der Waals surface area contributed by atoms with Crippen molar-refractivity contribution in [3.8, 4) is 11.5 Å². The van der Waals surface area contributed by atoms with Crippen LogP contribution in [0.15, 0.2) is 42.5 Å². The van der Waals surface area contributed by atoms with Gasteiger partial charge in [0.1, 0.15) is 6.04 Å². The van der Waals surface area contributed by atoms with Crippen LogP contribution in [0.4, 0.5) is 5.69 Å². The van der Waals surface area contributed by atoms with Crippen molar-refractivity contribution >= 4 is 29.1 Å². The van der Waals surface area contributed by atoms with Crippen molar-refractivity contribution in [3.63, 3.8) is 0 Å². The molecule has 2 aromatic carbocycles. The SMILES string of the molecule is COc1ccc(N2CCN(C(=O)c3cccc(Cl)c3)[C@@H](C)C2=O)cc1OC. The van der Waals surface area contributed by atoms with Crippen LogP contribution in [0, 0.1) is 0 Å². The summed E-state index contributed by atoms with van der Waals surface area (Å²) in [6.07, 6.45) is 0. The van der Waals surface area contributed by atoms with Gasteiger partial charge in [-0.3, -0.25) is 9.59 Å². The van der Waals surface area contributed by atoms with Gasteiger partial charge in [0.2, 0.25) is 5.91 Å². The zero-order valence-corrected chi connectivity index (χ0v) is 16.2. The number of benzene rings is 2. The van der Waals surface area contributed by atoms with Crippen LogP contribution in [-0.4, -0.2) is 50.1 Å². The van der Waals surface area contributed by atoms with Crippen molar-refractivity contribution in [2.75, 3.05) is 32.2 Å². The van der Waals surface area contributed by atoms with Gasteiger partial charge in [-0.25, -0.2) is 0 Å². The summed E-state index contributed by atoms with van der Waals surface area (Å²) in [4.78, 5) is 29.0. The van der Waals surface area contributed by atoms with Gasteiger partial charge in [0.15, 0.2) is 11.5 Å². The highest BCUT2D eigenvalue weighted by atomic mass is 35.5. The van der Waals surface area contributed by atoms with Crippen LogP contribution >= 0.6 is 11.6 Å². The van der Waals surface area contributed by atoms with E-state index >= 15 is 0 Å². The number of methoxy groups -OCH3 is 2. The van der Waals surface area contributed by atoms with Crippen molar-refractivity contribution < 1.29 is 19.1 Å². The quantitative estimate of drug-likeness (QED) is 0.806. The number of piperazine rings is 1. The Morgan fingerprint density at radius 2 is 1.81 bits per heavy atom. The lowest BCUT2D eigenvalue weighted by molar-refractivity contribution is -0.124. The zero-order valence-electron chi connectivity index (χ0n) is 15.4. The fourth-order valence-corrected chi connectivity index (χ4v) is 3.37. The molecule has 1 saturated heterocycles. The van der Waals surface area contributed by atoms with E-state index in [-0.39, 0.29) is 11.8 Å². The van der Waals surface area contributed by atoms with Crippen molar-refractivity contribution in [1.29, 1.82) is 0 Å². The van der Waals surface area contributed by atoms with E-state index < -0.39 is 6.04 Å². The Kier molecular flexibility index (Phi) is 5.56. The van der Waals surface area contributed by atoms with Crippen LogP contribution in [0.2, 0.25) is 5.02 Å². The molecule has 1 aliphatic rings. The van der Waals surface area contributed by atoms with Gasteiger partial charge in [-0.05, 0) is 37.3 Å². The Morgan fingerprint density at radius 3 is 2.48 bits per heavy atom. The monoisotopic (exact) mass is 388 g/mol. The van der Waals surface area contributed by atoms with E-state index in [9.17, 15) is 9.59 Å². The van der Waals surface area contributed by atoms with Crippen LogP contribution in [0.3, 0.4) is 0 Å². The van der Waals surface area contributed by atoms with Gasteiger partial charge >= 0.3 is 0 Å². The zero-order chi connectivity index (χ0) is 19.6. The number of anilines is 1. The van der Waals surface area contributed by atoms with Gasteiger partial charge in [-0.2, -0.15) is 0 Å². The summed E-state index contributed by atoms with van der Waals surface area (Å²) >= 11 is 5.98. The van der Waals surface area contributed by atoms with E-state index in [1.807, 2.05) is 0 Å². The highest BCUT2D eigenvalue weighted by molar-refractivity contribution is 6.31. The van der Waals surface area contributed by atoms with E-state index in [1.54, 1.807) is 73.4 Å². The first kappa shape index (κ1) is 19.0. The molecule has 1 heterocycles. The summed E-state index contributed by atoms with van der Waals surface area (Å²) < 4.78 is 10.6. The highest BCUT2D eigenvalue weighted by Crippen LogP contribution is 2.32. The first-order valence-electron chi connectivity index (χ1n) is 8.56. The third kappa shape index (κ3) is 3.71. The molecule has 2 aromatic rings. The minimum Gasteiger partial charge on any atom is -0.493 e. The third-order valence-electron chi connectivity index (χ3n) is 4.67. The average Bonchev–Trinajstić information content (AvgIpc) is 2.69. The molecular formula is C20H21ClN2O4. The largest absolute Gasteiger partial charge is 0.493 e. The molecule has 0 bridgehead atoms. The van der Waals surface area contributed by atoms with Gasteiger partial charge in [-0.1, -0.05) is 17.7 Å². The standard InChI is InChI=1S/C20H21ClN2O4/c1-13-19(24)23(16-7-8-17(26-2)18(12-16)27-3)10-9-22(13)20(25)14-5-4-6-15(21)11-14/h4-8,11-13H,9-10H2,1-3H3/t13-/m0/s1. The van der Waals surface area contributed by atoms with Gasteiger partial charge < -0.3 is 19.3 Å². The molecule has 0 aliphatic carbocycles. The maximum Gasteiger partial charge on any atom is 0.254 e. The first-order chi connectivity index (χ1) is 13.0. The second-order valence-corrected chi connectivity index (χ2v) is 6.65. The summed E-state index contributed by atoms with van der Waals surface area (Å²) in [5, 5.41) is 0.490. The highest BCUT2D eigenvalue weighted by Gasteiger charge is 2.35. The normalized spacial score (nSPS) is 17.0. The number of nitrogens with zero attached hydrogens (tertiary/aromatic N) is 2. The first-order valence-corrected chi connectivity index (χ1v) is 8.94. The van der Waals surface area contributed by atoms with Crippen molar-refractivity contribution in [3.05, 3.63) is 53.1 Å². The van der Waals surface area contributed by atoms with Crippen molar-refractivity contribution in [1.82, 2.24) is 4.90 Å². The Balaban J connectivity index is 1.81. The van der Waals surface area contributed by atoms with E-state index in [0.717, 1.165) is 0 Å². The number of carbonyl (C=O) groups excluding carboxylic acids is 2. The van der Waals surface area contributed by atoms with Crippen LogP contribution in [0.25, 0.3) is 0 Å². The summed E-state index contributed by atoms with van der Waals surface area (Å²) in [7, 11) is 3.11. The lowest BCUT2D eigenvalue weighted by atomic mass is 10.1. The molecule has 1 fully saturated rings. The number of amides is 2. The fraction of sp³-hybridized carbons (Fsp3) is 0.300. The number of ether oxygens (including phenoxy) is 2. The predicted molar refractivity (Wildman–Crippen MR) is 104 cm³/mol. The molecule has 6 nitrogen and oxygen atoms in total. The Labute approximate surface area is 163 Å². The second-order valence-electron chi connectivity index (χ2n) is 6.21.